The maximum absolute atomic E-state index is 11.1. The van der Waals surface area contributed by atoms with Gasteiger partial charge in [0.1, 0.15) is 0 Å². The third-order valence-electron chi connectivity index (χ3n) is 2.09. The molecule has 0 aromatic rings. The Kier molecular flexibility index (Phi) is 1.55. The summed E-state index contributed by atoms with van der Waals surface area (Å²) in [5.74, 6) is 0.0355. The Labute approximate surface area is 60.4 Å². The van der Waals surface area contributed by atoms with Gasteiger partial charge in [-0.15, -0.1) is 6.58 Å². The molecule has 3 atom stereocenters. The van der Waals surface area contributed by atoms with Gasteiger partial charge in [-0.2, -0.15) is 0 Å². The van der Waals surface area contributed by atoms with Crippen LogP contribution in [0.3, 0.4) is 0 Å². The second-order valence-corrected chi connectivity index (χ2v) is 5.51. The van der Waals surface area contributed by atoms with Gasteiger partial charge < -0.3 is 10.6 Å². The van der Waals surface area contributed by atoms with Gasteiger partial charge in [0.2, 0.25) is 7.37 Å². The first-order valence-corrected chi connectivity index (χ1v) is 5.24. The van der Waals surface area contributed by atoms with Gasteiger partial charge in [-0.3, -0.25) is 4.57 Å². The summed E-state index contributed by atoms with van der Waals surface area (Å²) in [4.78, 5) is 9.10. The highest BCUT2D eigenvalue weighted by molar-refractivity contribution is 7.59. The van der Waals surface area contributed by atoms with Crippen molar-refractivity contribution >= 4 is 7.37 Å². The molecule has 0 spiro atoms. The van der Waals surface area contributed by atoms with Crippen LogP contribution >= 0.6 is 7.37 Å². The molecule has 0 saturated heterocycles. The normalized spacial score (nSPS) is 44.1. The highest BCUT2D eigenvalue weighted by atomic mass is 31.2. The lowest BCUT2D eigenvalue weighted by molar-refractivity contribution is 0.464. The SMILES string of the molecule is C=C[C@H]1C[C@]1(N)P(C)(=O)O. The Morgan fingerprint density at radius 2 is 2.50 bits per heavy atom. The van der Waals surface area contributed by atoms with Gasteiger partial charge in [-0.25, -0.2) is 0 Å². The monoisotopic (exact) mass is 161 g/mol. The first kappa shape index (κ1) is 7.99. The van der Waals surface area contributed by atoms with Crippen LogP contribution in [0.25, 0.3) is 0 Å². The first-order chi connectivity index (χ1) is 4.42. The topological polar surface area (TPSA) is 63.3 Å². The van der Waals surface area contributed by atoms with Crippen molar-refractivity contribution in [2.45, 2.75) is 11.7 Å². The Morgan fingerprint density at radius 3 is 2.60 bits per heavy atom. The van der Waals surface area contributed by atoms with Gasteiger partial charge in [0.25, 0.3) is 0 Å². The van der Waals surface area contributed by atoms with Crippen molar-refractivity contribution in [2.24, 2.45) is 11.7 Å². The molecule has 0 heterocycles. The number of hydrogen-bond donors (Lipinski definition) is 2. The predicted molar refractivity (Wildman–Crippen MR) is 41.0 cm³/mol. The summed E-state index contributed by atoms with van der Waals surface area (Å²) >= 11 is 0. The van der Waals surface area contributed by atoms with E-state index >= 15 is 0 Å². The molecule has 58 valence electrons. The molecule has 0 amide bonds. The highest BCUT2D eigenvalue weighted by Gasteiger charge is 2.59. The summed E-state index contributed by atoms with van der Waals surface area (Å²) in [7, 11) is -3.10. The van der Waals surface area contributed by atoms with Gasteiger partial charge >= 0.3 is 0 Å². The fourth-order valence-corrected chi connectivity index (χ4v) is 2.31. The molecular formula is C6H12NO2P. The molecule has 0 aromatic carbocycles. The van der Waals surface area contributed by atoms with Gasteiger partial charge in [0.05, 0.1) is 5.28 Å². The van der Waals surface area contributed by atoms with Crippen molar-refractivity contribution in [1.29, 1.82) is 0 Å². The average molecular weight is 161 g/mol. The molecule has 3 N–H and O–H groups in total. The van der Waals surface area contributed by atoms with Crippen molar-refractivity contribution in [1.82, 2.24) is 0 Å². The average Bonchev–Trinajstić information content (AvgIpc) is 2.41. The van der Waals surface area contributed by atoms with E-state index in [-0.39, 0.29) is 5.92 Å². The second-order valence-electron chi connectivity index (χ2n) is 2.92. The molecule has 1 saturated carbocycles. The predicted octanol–water partition coefficient (Wildman–Crippen LogP) is 0.748. The standard InChI is InChI=1S/C6H12NO2P/c1-3-5-4-6(5,7)10(2,8)9/h3,5H,1,4,7H2,2H3,(H,8,9)/t5-,6-/m0/s1. The zero-order valence-corrected chi connectivity index (χ0v) is 6.84. The van der Waals surface area contributed by atoms with Crippen LogP contribution in [0, 0.1) is 5.92 Å². The van der Waals surface area contributed by atoms with Crippen LogP contribution in [0.4, 0.5) is 0 Å². The number of hydrogen-bond acceptors (Lipinski definition) is 2. The van der Waals surface area contributed by atoms with Crippen molar-refractivity contribution in [3.8, 4) is 0 Å². The maximum atomic E-state index is 11.1. The van der Waals surface area contributed by atoms with Gasteiger partial charge in [-0.1, -0.05) is 6.08 Å². The van der Waals surface area contributed by atoms with Crippen LogP contribution in [0.15, 0.2) is 12.7 Å². The largest absolute Gasteiger partial charge is 0.343 e. The van der Waals surface area contributed by atoms with E-state index in [2.05, 4.69) is 6.58 Å². The molecule has 1 unspecified atom stereocenters. The molecule has 0 radical (unpaired) electrons. The molecule has 10 heavy (non-hydrogen) atoms. The minimum Gasteiger partial charge on any atom is -0.343 e. The number of rotatable bonds is 2. The van der Waals surface area contributed by atoms with E-state index in [9.17, 15) is 4.57 Å². The molecule has 0 aliphatic heterocycles. The Bertz CT molecular complexity index is 210. The highest BCUT2D eigenvalue weighted by Crippen LogP contribution is 2.65. The Hall–Kier alpha value is -0.110. The summed E-state index contributed by atoms with van der Waals surface area (Å²) in [5.41, 5.74) is 5.59. The lowest BCUT2D eigenvalue weighted by atomic mass is 10.4. The molecule has 4 heteroatoms. The lowest BCUT2D eigenvalue weighted by Gasteiger charge is -2.13. The van der Waals surface area contributed by atoms with Crippen LogP contribution in [0.1, 0.15) is 6.42 Å². The van der Waals surface area contributed by atoms with Gasteiger partial charge in [-0.05, 0) is 6.42 Å². The fraction of sp³-hybridized carbons (Fsp3) is 0.667. The summed E-state index contributed by atoms with van der Waals surface area (Å²) in [5, 5.41) is -0.852. The molecule has 3 nitrogen and oxygen atoms in total. The molecule has 1 aliphatic carbocycles. The third-order valence-corrected chi connectivity index (χ3v) is 4.14. The van der Waals surface area contributed by atoms with Gasteiger partial charge in [0, 0.05) is 12.6 Å². The first-order valence-electron chi connectivity index (χ1n) is 3.13. The van der Waals surface area contributed by atoms with Crippen LogP contribution in [-0.4, -0.2) is 16.8 Å². The summed E-state index contributed by atoms with van der Waals surface area (Å²) in [6, 6.07) is 0. The Balaban J connectivity index is 2.77. The van der Waals surface area contributed by atoms with E-state index in [0.29, 0.717) is 6.42 Å². The lowest BCUT2D eigenvalue weighted by Crippen LogP contribution is -2.23. The van der Waals surface area contributed by atoms with E-state index in [1.807, 2.05) is 0 Å². The van der Waals surface area contributed by atoms with Crippen LogP contribution in [0.5, 0.6) is 0 Å². The molecule has 0 aromatic heterocycles. The summed E-state index contributed by atoms with van der Waals surface area (Å²) < 4.78 is 11.1. The quantitative estimate of drug-likeness (QED) is 0.464. The fourth-order valence-electron chi connectivity index (χ4n) is 1.06. The van der Waals surface area contributed by atoms with E-state index in [1.54, 1.807) is 6.08 Å². The van der Waals surface area contributed by atoms with Gasteiger partial charge in [0.15, 0.2) is 0 Å². The summed E-state index contributed by atoms with van der Waals surface area (Å²) in [6.07, 6.45) is 2.24. The van der Waals surface area contributed by atoms with Crippen LogP contribution < -0.4 is 5.73 Å². The molecule has 1 rings (SSSR count). The molecule has 1 aliphatic rings. The van der Waals surface area contributed by atoms with E-state index in [4.69, 9.17) is 10.6 Å². The Morgan fingerprint density at radius 1 is 2.00 bits per heavy atom. The van der Waals surface area contributed by atoms with Crippen LogP contribution in [0.2, 0.25) is 0 Å². The summed E-state index contributed by atoms with van der Waals surface area (Å²) in [6.45, 7) is 4.82. The molecule has 0 bridgehead atoms. The minimum absolute atomic E-state index is 0.0355. The zero-order valence-electron chi connectivity index (χ0n) is 5.95. The third kappa shape index (κ3) is 0.947. The second kappa shape index (κ2) is 1.94. The molecular weight excluding hydrogens is 149 g/mol. The van der Waals surface area contributed by atoms with E-state index in [0.717, 1.165) is 0 Å². The maximum Gasteiger partial charge on any atom is 0.217 e. The molecule has 1 fully saturated rings. The number of nitrogens with two attached hydrogens (primary N) is 1. The van der Waals surface area contributed by atoms with Crippen molar-refractivity contribution in [3.63, 3.8) is 0 Å². The zero-order chi connectivity index (χ0) is 7.99. The van der Waals surface area contributed by atoms with Crippen molar-refractivity contribution < 1.29 is 9.46 Å². The van der Waals surface area contributed by atoms with Crippen molar-refractivity contribution in [3.05, 3.63) is 12.7 Å². The smallest absolute Gasteiger partial charge is 0.217 e. The van der Waals surface area contributed by atoms with E-state index in [1.165, 1.54) is 6.66 Å². The van der Waals surface area contributed by atoms with Crippen molar-refractivity contribution in [2.75, 3.05) is 6.66 Å². The van der Waals surface area contributed by atoms with E-state index < -0.39 is 12.6 Å². The minimum atomic E-state index is -3.10. The van der Waals surface area contributed by atoms with Crippen LogP contribution in [-0.2, 0) is 4.57 Å².